The van der Waals surface area contributed by atoms with Crippen molar-refractivity contribution in [2.24, 2.45) is 0 Å². The highest BCUT2D eigenvalue weighted by molar-refractivity contribution is 8.15. The van der Waals surface area contributed by atoms with E-state index in [4.69, 9.17) is 15.2 Å². The zero-order chi connectivity index (χ0) is 38.2. The van der Waals surface area contributed by atoms with Gasteiger partial charge in [-0.2, -0.15) is 4.57 Å². The molecule has 4 aromatic heterocycles. The summed E-state index contributed by atoms with van der Waals surface area (Å²) in [5.74, 6) is 1.48. The molecule has 0 saturated heterocycles. The van der Waals surface area contributed by atoms with Gasteiger partial charge < -0.3 is 15.2 Å². The van der Waals surface area contributed by atoms with E-state index in [0.717, 1.165) is 81.1 Å². The van der Waals surface area contributed by atoms with Crippen LogP contribution in [0.2, 0.25) is 0 Å². The summed E-state index contributed by atoms with van der Waals surface area (Å²) in [5, 5.41) is 13.9. The Morgan fingerprint density at radius 1 is 0.946 bits per heavy atom. The van der Waals surface area contributed by atoms with Gasteiger partial charge in [0.2, 0.25) is 16.6 Å². The van der Waals surface area contributed by atoms with Crippen LogP contribution >= 0.6 is 23.1 Å². The molecule has 8 aromatic rings. The van der Waals surface area contributed by atoms with Gasteiger partial charge in [0.15, 0.2) is 28.2 Å². The van der Waals surface area contributed by atoms with E-state index < -0.39 is 0 Å². The highest BCUT2D eigenvalue weighted by atomic mass is 32.2. The van der Waals surface area contributed by atoms with Crippen LogP contribution in [0.15, 0.2) is 114 Å². The van der Waals surface area contributed by atoms with Gasteiger partial charge in [0.1, 0.15) is 0 Å². The lowest BCUT2D eigenvalue weighted by atomic mass is 10.0. The van der Waals surface area contributed by atoms with Crippen molar-refractivity contribution in [1.29, 1.82) is 0 Å². The number of nitrogens with zero attached hydrogens (tertiary/aromatic N) is 8. The number of para-hydroxylation sites is 1. The number of nitrogen functional groups attached to an aromatic ring is 1. The van der Waals surface area contributed by atoms with E-state index in [0.29, 0.717) is 34.1 Å². The first kappa shape index (κ1) is 35.5. The zero-order valence-electron chi connectivity index (χ0n) is 30.6. The SMILES string of the molecule is COc1cc(N)c(-c2nnn(-c3ccc(CCN4CCc5c[n+](-c6ccc7cc(C(=O)Sc8nc9ccccc9s8)cnc7c6)ccc5C4)cc3)n2)cc1OC. The number of hydrogen-bond acceptors (Lipinski definition) is 12. The Bertz CT molecular complexity index is 2720. The molecule has 56 heavy (non-hydrogen) atoms. The van der Waals surface area contributed by atoms with Gasteiger partial charge in [-0.15, -0.1) is 26.3 Å². The summed E-state index contributed by atoms with van der Waals surface area (Å²) in [5.41, 5.74) is 15.4. The maximum Gasteiger partial charge on any atom is 0.227 e. The lowest BCUT2D eigenvalue weighted by Gasteiger charge is -2.27. The van der Waals surface area contributed by atoms with Crippen molar-refractivity contribution >= 4 is 55.0 Å². The van der Waals surface area contributed by atoms with Crippen LogP contribution in [-0.4, -0.2) is 67.5 Å². The fraction of sp³-hybridized carbons (Fsp3) is 0.167. The molecular formula is C42H36N9O3S2+. The molecule has 278 valence electrons. The molecule has 14 heteroatoms. The summed E-state index contributed by atoms with van der Waals surface area (Å²) in [6.45, 7) is 2.85. The van der Waals surface area contributed by atoms with Gasteiger partial charge in [0.25, 0.3) is 0 Å². The summed E-state index contributed by atoms with van der Waals surface area (Å²) in [4.78, 5) is 26.4. The highest BCUT2D eigenvalue weighted by Crippen LogP contribution is 2.36. The standard InChI is InChI=1S/C42H36N9O3S2/c1-53-37-21-33(34(43)22-38(37)54-2)40-46-48-51(47-40)31-10-7-26(8-11-31)13-16-49-17-14-29-25-50(18-15-28(29)24-49)32-12-9-27-19-30(23-44-36(27)20-32)41(52)56-42-45-35-5-3-4-6-39(35)55-42/h3-12,15,18-23,25H,13-14,16-17,24,43H2,1-2H3/q+1. The maximum absolute atomic E-state index is 13.1. The number of ether oxygens (including phenoxy) is 2. The number of rotatable bonds is 10. The second-order valence-corrected chi connectivity index (χ2v) is 15.7. The predicted octanol–water partition coefficient (Wildman–Crippen LogP) is 6.90. The number of aromatic nitrogens is 7. The molecule has 9 rings (SSSR count). The molecule has 2 N–H and O–H groups in total. The van der Waals surface area contributed by atoms with E-state index in [1.165, 1.54) is 32.8 Å². The fourth-order valence-corrected chi connectivity index (χ4v) is 8.81. The number of thiazole rings is 1. The molecule has 0 fully saturated rings. The van der Waals surface area contributed by atoms with Crippen molar-refractivity contribution in [1.82, 2.24) is 35.1 Å². The molecule has 0 unspecified atom stereocenters. The molecule has 0 saturated carbocycles. The van der Waals surface area contributed by atoms with Gasteiger partial charge in [-0.1, -0.05) is 24.3 Å². The summed E-state index contributed by atoms with van der Waals surface area (Å²) in [6.07, 6.45) is 7.93. The minimum Gasteiger partial charge on any atom is -0.493 e. The molecule has 0 spiro atoms. The van der Waals surface area contributed by atoms with E-state index in [2.05, 4.69) is 77.6 Å². The predicted molar refractivity (Wildman–Crippen MR) is 218 cm³/mol. The third kappa shape index (κ3) is 7.17. The molecule has 1 aliphatic rings. The van der Waals surface area contributed by atoms with Crippen molar-refractivity contribution in [3.63, 3.8) is 0 Å². The van der Waals surface area contributed by atoms with Crippen molar-refractivity contribution in [2.45, 2.75) is 23.7 Å². The zero-order valence-corrected chi connectivity index (χ0v) is 32.3. The van der Waals surface area contributed by atoms with E-state index >= 15 is 0 Å². The highest BCUT2D eigenvalue weighted by Gasteiger charge is 2.21. The average molecular weight is 779 g/mol. The van der Waals surface area contributed by atoms with Gasteiger partial charge >= 0.3 is 0 Å². The molecule has 0 atom stereocenters. The number of thioether (sulfide) groups is 1. The lowest BCUT2D eigenvalue weighted by Crippen LogP contribution is -2.36. The topological polar surface area (TPSA) is 138 Å². The van der Waals surface area contributed by atoms with Crippen molar-refractivity contribution < 1.29 is 18.8 Å². The molecule has 0 aliphatic carbocycles. The van der Waals surface area contributed by atoms with E-state index in [1.807, 2.05) is 48.5 Å². The van der Waals surface area contributed by atoms with Gasteiger partial charge in [-0.05, 0) is 83.4 Å². The Balaban J connectivity index is 0.812. The van der Waals surface area contributed by atoms with Gasteiger partial charge in [-0.25, -0.2) is 4.98 Å². The number of fused-ring (bicyclic) bond motifs is 3. The monoisotopic (exact) mass is 778 g/mol. The van der Waals surface area contributed by atoms with Gasteiger partial charge in [0.05, 0.1) is 35.6 Å². The van der Waals surface area contributed by atoms with Crippen LogP contribution in [0.25, 0.3) is 43.9 Å². The smallest absolute Gasteiger partial charge is 0.227 e. The third-order valence-corrected chi connectivity index (χ3v) is 12.0. The number of tetrazole rings is 1. The first-order valence-electron chi connectivity index (χ1n) is 18.1. The maximum atomic E-state index is 13.1. The number of hydrogen-bond donors (Lipinski definition) is 1. The Morgan fingerprint density at radius 2 is 1.79 bits per heavy atom. The first-order valence-corrected chi connectivity index (χ1v) is 19.7. The molecule has 12 nitrogen and oxygen atoms in total. The quantitative estimate of drug-likeness (QED) is 0.0882. The van der Waals surface area contributed by atoms with Crippen molar-refractivity contribution in [2.75, 3.05) is 33.0 Å². The summed E-state index contributed by atoms with van der Waals surface area (Å²) >= 11 is 2.68. The molecule has 0 radical (unpaired) electrons. The van der Waals surface area contributed by atoms with E-state index in [9.17, 15) is 4.79 Å². The number of methoxy groups -OCH3 is 2. The number of pyridine rings is 2. The van der Waals surface area contributed by atoms with Crippen LogP contribution in [0.5, 0.6) is 11.5 Å². The summed E-state index contributed by atoms with van der Waals surface area (Å²) in [6, 6.07) is 29.9. The number of carbonyl (C=O) groups excluding carboxylic acids is 1. The second-order valence-electron chi connectivity index (χ2n) is 13.5. The Hall–Kier alpha value is -6.22. The van der Waals surface area contributed by atoms with Crippen LogP contribution in [0.3, 0.4) is 0 Å². The van der Waals surface area contributed by atoms with Gasteiger partial charge in [-0.3, -0.25) is 14.7 Å². The van der Waals surface area contributed by atoms with E-state index in [1.54, 1.807) is 32.5 Å². The molecule has 5 heterocycles. The minimum atomic E-state index is -0.0619. The Morgan fingerprint density at radius 3 is 2.62 bits per heavy atom. The molecule has 4 aromatic carbocycles. The number of carbonyl (C=O) groups is 1. The molecular weight excluding hydrogens is 743 g/mol. The summed E-state index contributed by atoms with van der Waals surface area (Å²) in [7, 11) is 3.14. The van der Waals surface area contributed by atoms with Crippen LogP contribution in [-0.2, 0) is 19.4 Å². The Labute approximate surface area is 330 Å². The van der Waals surface area contributed by atoms with Crippen LogP contribution < -0.4 is 19.8 Å². The molecule has 1 aliphatic heterocycles. The Kier molecular flexibility index (Phi) is 9.59. The molecule has 0 amide bonds. The van der Waals surface area contributed by atoms with Crippen molar-refractivity contribution in [3.05, 3.63) is 132 Å². The average Bonchev–Trinajstić information content (AvgIpc) is 3.90. The van der Waals surface area contributed by atoms with Crippen molar-refractivity contribution in [3.8, 4) is 34.3 Å². The van der Waals surface area contributed by atoms with Crippen LogP contribution in [0, 0.1) is 0 Å². The largest absolute Gasteiger partial charge is 0.493 e. The number of anilines is 1. The first-order chi connectivity index (χ1) is 27.4. The van der Waals surface area contributed by atoms with E-state index in [-0.39, 0.29) is 5.12 Å². The normalized spacial score (nSPS) is 12.9. The molecule has 0 bridgehead atoms. The third-order valence-electron chi connectivity index (χ3n) is 9.99. The van der Waals surface area contributed by atoms with Crippen LogP contribution in [0.1, 0.15) is 27.0 Å². The number of benzene rings is 4. The second kappa shape index (κ2) is 15.1. The summed E-state index contributed by atoms with van der Waals surface area (Å²) < 4.78 is 14.7. The number of nitrogens with two attached hydrogens (primary N) is 1. The lowest BCUT2D eigenvalue weighted by molar-refractivity contribution is -0.596. The van der Waals surface area contributed by atoms with Crippen LogP contribution in [0.4, 0.5) is 5.69 Å². The minimum absolute atomic E-state index is 0.0619. The van der Waals surface area contributed by atoms with Gasteiger partial charge in [0, 0.05) is 77.9 Å². The fourth-order valence-electron chi connectivity index (χ4n) is 6.92.